The highest BCUT2D eigenvalue weighted by molar-refractivity contribution is 5.87. The lowest BCUT2D eigenvalue weighted by Crippen LogP contribution is -2.05. The first-order valence-electron chi connectivity index (χ1n) is 12.0. The molecule has 0 bridgehead atoms. The van der Waals surface area contributed by atoms with Gasteiger partial charge in [0.1, 0.15) is 0 Å². The average Bonchev–Trinajstić information content (AvgIpc) is 3.69. The fourth-order valence-corrected chi connectivity index (χ4v) is 4.77. The molecule has 37 heavy (non-hydrogen) atoms. The Bertz CT molecular complexity index is 1420. The normalized spacial score (nSPS) is 12.9. The zero-order valence-corrected chi connectivity index (χ0v) is 22.2. The molecule has 0 spiro atoms. The van der Waals surface area contributed by atoms with Crippen molar-refractivity contribution in [2.24, 2.45) is 0 Å². The Morgan fingerprint density at radius 2 is 1.16 bits per heavy atom. The summed E-state index contributed by atoms with van der Waals surface area (Å²) in [7, 11) is 9.59. The van der Waals surface area contributed by atoms with Gasteiger partial charge in [-0.3, -0.25) is 0 Å². The van der Waals surface area contributed by atoms with Crippen LogP contribution in [0.25, 0.3) is 28.0 Å². The van der Waals surface area contributed by atoms with Crippen molar-refractivity contribution < 1.29 is 28.4 Å². The number of methoxy groups -OCH3 is 6. The minimum Gasteiger partial charge on any atom is -0.493 e. The lowest BCUT2D eigenvalue weighted by molar-refractivity contribution is 0.324. The fraction of sp³-hybridized carbons (Fsp3) is 0.357. The number of aryl methyl sites for hydroxylation is 1. The van der Waals surface area contributed by atoms with E-state index < -0.39 is 0 Å². The highest BCUT2D eigenvalue weighted by Gasteiger charge is 2.29. The van der Waals surface area contributed by atoms with Crippen LogP contribution in [0.1, 0.15) is 30.1 Å². The van der Waals surface area contributed by atoms with Gasteiger partial charge in [0.05, 0.1) is 54.0 Å². The molecule has 1 aliphatic rings. The summed E-state index contributed by atoms with van der Waals surface area (Å²) in [5, 5.41) is 5.00. The van der Waals surface area contributed by atoms with E-state index in [0.717, 1.165) is 52.3 Å². The van der Waals surface area contributed by atoms with Gasteiger partial charge >= 0.3 is 0 Å². The molecule has 2 aromatic carbocycles. The van der Waals surface area contributed by atoms with Gasteiger partial charge in [-0.15, -0.1) is 0 Å². The molecule has 0 radical (unpaired) electrons. The first kappa shape index (κ1) is 24.5. The maximum Gasteiger partial charge on any atom is 0.203 e. The monoisotopic (exact) mass is 505 g/mol. The summed E-state index contributed by atoms with van der Waals surface area (Å²) in [6, 6.07) is 9.77. The third-order valence-electron chi connectivity index (χ3n) is 6.69. The van der Waals surface area contributed by atoms with E-state index in [9.17, 15) is 0 Å². The number of benzene rings is 2. The molecule has 0 unspecified atom stereocenters. The van der Waals surface area contributed by atoms with Crippen LogP contribution in [0.3, 0.4) is 0 Å². The van der Waals surface area contributed by atoms with Crippen LogP contribution >= 0.6 is 0 Å². The van der Waals surface area contributed by atoms with Crippen molar-refractivity contribution >= 4 is 5.65 Å². The van der Waals surface area contributed by atoms with Crippen LogP contribution in [0.2, 0.25) is 0 Å². The summed E-state index contributed by atoms with van der Waals surface area (Å²) in [4.78, 5) is 4.94. The van der Waals surface area contributed by atoms with E-state index in [-0.39, 0.29) is 0 Å². The van der Waals surface area contributed by atoms with Gasteiger partial charge in [0, 0.05) is 28.8 Å². The van der Waals surface area contributed by atoms with Gasteiger partial charge in [0.2, 0.25) is 11.5 Å². The van der Waals surface area contributed by atoms with Gasteiger partial charge in [0.25, 0.3) is 0 Å². The number of hydrogen-bond acceptors (Lipinski definition) is 8. The van der Waals surface area contributed by atoms with Crippen molar-refractivity contribution in [1.82, 2.24) is 14.6 Å². The van der Waals surface area contributed by atoms with Crippen molar-refractivity contribution in [2.45, 2.75) is 25.7 Å². The van der Waals surface area contributed by atoms with Gasteiger partial charge in [-0.1, -0.05) is 0 Å². The summed E-state index contributed by atoms with van der Waals surface area (Å²) in [5.41, 5.74) is 6.02. The third kappa shape index (κ3) is 4.14. The highest BCUT2D eigenvalue weighted by atomic mass is 16.5. The summed E-state index contributed by atoms with van der Waals surface area (Å²) in [6.45, 7) is 1.99. The average molecular weight is 506 g/mol. The van der Waals surface area contributed by atoms with Gasteiger partial charge in [-0.25, -0.2) is 9.50 Å². The maximum atomic E-state index is 5.68. The second-order valence-corrected chi connectivity index (χ2v) is 8.86. The molecule has 5 rings (SSSR count). The van der Waals surface area contributed by atoms with Crippen LogP contribution < -0.4 is 28.4 Å². The number of aromatic nitrogens is 3. The minimum absolute atomic E-state index is 0.472. The van der Waals surface area contributed by atoms with Crippen LogP contribution in [-0.4, -0.2) is 57.3 Å². The summed E-state index contributed by atoms with van der Waals surface area (Å²) in [5.74, 6) is 3.70. The first-order valence-corrected chi connectivity index (χ1v) is 12.0. The Morgan fingerprint density at radius 3 is 1.59 bits per heavy atom. The lowest BCUT2D eigenvalue weighted by Gasteiger charge is -2.20. The molecule has 0 atom stereocenters. The molecule has 0 amide bonds. The number of ether oxygens (including phenoxy) is 6. The second-order valence-electron chi connectivity index (χ2n) is 8.86. The molecule has 1 aliphatic carbocycles. The predicted molar refractivity (Wildman–Crippen MR) is 140 cm³/mol. The Labute approximate surface area is 215 Å². The zero-order chi connectivity index (χ0) is 26.3. The van der Waals surface area contributed by atoms with Gasteiger partial charge in [-0.2, -0.15) is 5.10 Å². The topological polar surface area (TPSA) is 85.6 Å². The van der Waals surface area contributed by atoms with Crippen molar-refractivity contribution in [3.63, 3.8) is 0 Å². The lowest BCUT2D eigenvalue weighted by atomic mass is 9.96. The van der Waals surface area contributed by atoms with Crippen molar-refractivity contribution in [3.05, 3.63) is 41.7 Å². The van der Waals surface area contributed by atoms with Crippen LogP contribution in [0.15, 0.2) is 30.3 Å². The van der Waals surface area contributed by atoms with Crippen LogP contribution in [0, 0.1) is 6.92 Å². The molecule has 4 aromatic rings. The second kappa shape index (κ2) is 9.72. The third-order valence-corrected chi connectivity index (χ3v) is 6.69. The van der Waals surface area contributed by atoms with Crippen molar-refractivity contribution in [1.29, 1.82) is 0 Å². The van der Waals surface area contributed by atoms with Crippen molar-refractivity contribution in [2.75, 3.05) is 42.7 Å². The smallest absolute Gasteiger partial charge is 0.203 e. The molecule has 1 saturated carbocycles. The molecule has 2 aromatic heterocycles. The van der Waals surface area contributed by atoms with Crippen LogP contribution in [-0.2, 0) is 0 Å². The van der Waals surface area contributed by atoms with Crippen LogP contribution in [0.4, 0.5) is 0 Å². The summed E-state index contributed by atoms with van der Waals surface area (Å²) < 4.78 is 35.7. The summed E-state index contributed by atoms with van der Waals surface area (Å²) >= 11 is 0. The molecular weight excluding hydrogens is 474 g/mol. The Morgan fingerprint density at radius 1 is 0.676 bits per heavy atom. The van der Waals surface area contributed by atoms with E-state index in [1.54, 1.807) is 42.7 Å². The van der Waals surface area contributed by atoms with Gasteiger partial charge < -0.3 is 28.4 Å². The number of nitrogens with zero attached hydrogens (tertiary/aromatic N) is 3. The molecule has 0 saturated heterocycles. The molecular formula is C28H31N3O6. The quantitative estimate of drug-likeness (QED) is 0.303. The van der Waals surface area contributed by atoms with Gasteiger partial charge in [0.15, 0.2) is 28.6 Å². The van der Waals surface area contributed by atoms with E-state index in [4.69, 9.17) is 38.5 Å². The summed E-state index contributed by atoms with van der Waals surface area (Å²) in [6.07, 6.45) is 2.28. The number of rotatable bonds is 9. The molecule has 9 heteroatoms. The fourth-order valence-electron chi connectivity index (χ4n) is 4.77. The van der Waals surface area contributed by atoms with E-state index in [1.807, 2.05) is 35.7 Å². The van der Waals surface area contributed by atoms with E-state index in [0.29, 0.717) is 40.4 Å². The molecule has 2 heterocycles. The molecule has 9 nitrogen and oxygen atoms in total. The SMILES string of the molecule is COc1cc(-c2c(C)nc3cc(C4CC4)nn3c2-c2cc(OC)c(OC)c(OC)c2)cc(OC)c1OC. The van der Waals surface area contributed by atoms with Crippen LogP contribution in [0.5, 0.6) is 34.5 Å². The highest BCUT2D eigenvalue weighted by Crippen LogP contribution is 2.47. The molecule has 194 valence electrons. The number of fused-ring (bicyclic) bond motifs is 1. The zero-order valence-electron chi connectivity index (χ0n) is 22.2. The standard InChI is InChI=1S/C28H31N3O6/c1-15-25(17-10-20(32-2)27(36-6)21(11-17)33-3)26(31-24(29-15)14-19(30-31)16-8-9-16)18-12-22(34-4)28(37-7)23(13-18)35-5/h10-14,16H,8-9H2,1-7H3. The van der Waals surface area contributed by atoms with Gasteiger partial charge in [-0.05, 0) is 49.6 Å². The Kier molecular flexibility index (Phi) is 6.45. The molecule has 1 fully saturated rings. The predicted octanol–water partition coefficient (Wildman–Crippen LogP) is 5.30. The Hall–Kier alpha value is -4.14. The largest absolute Gasteiger partial charge is 0.493 e. The minimum atomic E-state index is 0.472. The molecule has 0 N–H and O–H groups in total. The maximum absolute atomic E-state index is 5.68. The van der Waals surface area contributed by atoms with E-state index in [1.165, 1.54) is 0 Å². The molecule has 0 aliphatic heterocycles. The van der Waals surface area contributed by atoms with E-state index >= 15 is 0 Å². The van der Waals surface area contributed by atoms with E-state index in [2.05, 4.69) is 6.07 Å². The van der Waals surface area contributed by atoms with Crippen molar-refractivity contribution in [3.8, 4) is 56.9 Å². The first-order chi connectivity index (χ1) is 18.0. The Balaban J connectivity index is 1.88. The number of hydrogen-bond donors (Lipinski definition) is 0.